The summed E-state index contributed by atoms with van der Waals surface area (Å²) in [5, 5.41) is 3.49. The van der Waals surface area contributed by atoms with E-state index in [-0.39, 0.29) is 6.04 Å². The molecule has 0 amide bonds. The van der Waals surface area contributed by atoms with Gasteiger partial charge in [-0.15, -0.1) is 0 Å². The smallest absolute Gasteiger partial charge is 0.121 e. The van der Waals surface area contributed by atoms with Crippen LogP contribution in [0.25, 0.3) is 0 Å². The molecule has 1 N–H and O–H groups in total. The first-order valence-corrected chi connectivity index (χ1v) is 6.96. The molecule has 0 aliphatic heterocycles. The molecular weight excluding hydrogens is 292 g/mol. The lowest BCUT2D eigenvalue weighted by Gasteiger charge is -2.15. The van der Waals surface area contributed by atoms with Gasteiger partial charge < -0.3 is 9.73 Å². The van der Waals surface area contributed by atoms with E-state index in [9.17, 15) is 0 Å². The lowest BCUT2D eigenvalue weighted by Crippen LogP contribution is -2.24. The van der Waals surface area contributed by atoms with Gasteiger partial charge >= 0.3 is 0 Å². The third-order valence-electron chi connectivity index (χ3n) is 2.73. The second-order valence-corrected chi connectivity index (χ2v) is 5.11. The van der Waals surface area contributed by atoms with Crippen LogP contribution in [0.4, 0.5) is 0 Å². The molecule has 0 saturated heterocycles. The van der Waals surface area contributed by atoms with Crippen molar-refractivity contribution in [3.05, 3.63) is 52.7 Å². The van der Waals surface area contributed by atoms with Crippen molar-refractivity contribution >= 4 is 15.9 Å². The number of hydrogen-bond donors (Lipinski definition) is 1. The number of nitrogens with zero attached hydrogens (tertiary/aromatic N) is 1. The molecule has 0 aromatic carbocycles. The van der Waals surface area contributed by atoms with Gasteiger partial charge in [0.15, 0.2) is 0 Å². The molecule has 2 rings (SSSR count). The lowest BCUT2D eigenvalue weighted by molar-refractivity contribution is 0.408. The van der Waals surface area contributed by atoms with Crippen molar-refractivity contribution in [1.82, 2.24) is 10.3 Å². The van der Waals surface area contributed by atoms with E-state index in [1.54, 1.807) is 6.26 Å². The second-order valence-electron chi connectivity index (χ2n) is 4.19. The van der Waals surface area contributed by atoms with Gasteiger partial charge in [0, 0.05) is 22.8 Å². The highest BCUT2D eigenvalue weighted by Gasteiger charge is 2.14. The number of aromatic nitrogens is 1. The third-order valence-corrected chi connectivity index (χ3v) is 3.20. The largest absolute Gasteiger partial charge is 0.468 e. The number of rotatable bonds is 6. The maximum absolute atomic E-state index is 5.49. The number of hydrogen-bond acceptors (Lipinski definition) is 3. The zero-order valence-electron chi connectivity index (χ0n) is 10.4. The highest BCUT2D eigenvalue weighted by Crippen LogP contribution is 2.19. The minimum Gasteiger partial charge on any atom is -0.468 e. The van der Waals surface area contributed by atoms with Crippen molar-refractivity contribution in [1.29, 1.82) is 0 Å². The Morgan fingerprint density at radius 2 is 2.28 bits per heavy atom. The van der Waals surface area contributed by atoms with Crippen molar-refractivity contribution in [2.45, 2.75) is 25.8 Å². The molecular formula is C14H17BrN2O. The fourth-order valence-corrected chi connectivity index (χ4v) is 2.05. The van der Waals surface area contributed by atoms with E-state index in [0.29, 0.717) is 0 Å². The van der Waals surface area contributed by atoms with E-state index in [4.69, 9.17) is 4.42 Å². The first-order valence-electron chi connectivity index (χ1n) is 6.17. The molecule has 0 fully saturated rings. The van der Waals surface area contributed by atoms with Crippen molar-refractivity contribution in [3.63, 3.8) is 0 Å². The molecule has 0 spiro atoms. The Morgan fingerprint density at radius 1 is 1.39 bits per heavy atom. The van der Waals surface area contributed by atoms with Crippen LogP contribution in [0, 0.1) is 0 Å². The monoisotopic (exact) mass is 308 g/mol. The molecule has 96 valence electrons. The molecule has 0 saturated carbocycles. The highest BCUT2D eigenvalue weighted by atomic mass is 79.9. The zero-order valence-corrected chi connectivity index (χ0v) is 12.0. The number of pyridine rings is 1. The summed E-state index contributed by atoms with van der Waals surface area (Å²) in [7, 11) is 0. The molecule has 0 aliphatic carbocycles. The lowest BCUT2D eigenvalue weighted by atomic mass is 10.1. The average Bonchev–Trinajstić information content (AvgIpc) is 2.90. The molecule has 1 atom stereocenters. The van der Waals surface area contributed by atoms with E-state index in [0.717, 1.165) is 35.3 Å². The Kier molecular flexibility index (Phi) is 4.96. The van der Waals surface area contributed by atoms with Crippen molar-refractivity contribution in [2.75, 3.05) is 6.54 Å². The summed E-state index contributed by atoms with van der Waals surface area (Å²) < 4.78 is 6.49. The summed E-state index contributed by atoms with van der Waals surface area (Å²) in [6, 6.07) is 8.17. The van der Waals surface area contributed by atoms with Crippen LogP contribution in [-0.4, -0.2) is 11.5 Å². The number of halogens is 1. The normalized spacial score (nSPS) is 12.6. The molecule has 1 unspecified atom stereocenters. The van der Waals surface area contributed by atoms with Gasteiger partial charge in [-0.25, -0.2) is 0 Å². The fraction of sp³-hybridized carbons (Fsp3) is 0.357. The topological polar surface area (TPSA) is 38.1 Å². The van der Waals surface area contributed by atoms with E-state index >= 15 is 0 Å². The summed E-state index contributed by atoms with van der Waals surface area (Å²) in [4.78, 5) is 4.41. The Labute approximate surface area is 116 Å². The SMILES string of the molecule is CCCNC(Cc1ccc(Br)cn1)c1ccco1. The van der Waals surface area contributed by atoms with Crippen LogP contribution >= 0.6 is 15.9 Å². The minimum absolute atomic E-state index is 0.189. The van der Waals surface area contributed by atoms with Crippen LogP contribution in [0.15, 0.2) is 45.6 Å². The Bertz CT molecular complexity index is 453. The van der Waals surface area contributed by atoms with Crippen LogP contribution in [0.2, 0.25) is 0 Å². The molecule has 0 bridgehead atoms. The van der Waals surface area contributed by atoms with Gasteiger partial charge in [0.2, 0.25) is 0 Å². The molecule has 2 aromatic rings. The van der Waals surface area contributed by atoms with E-state index in [1.165, 1.54) is 0 Å². The summed E-state index contributed by atoms with van der Waals surface area (Å²) in [6.07, 6.45) is 5.48. The van der Waals surface area contributed by atoms with Crippen LogP contribution in [0.5, 0.6) is 0 Å². The number of nitrogens with one attached hydrogen (secondary N) is 1. The maximum atomic E-state index is 5.49. The minimum atomic E-state index is 0.189. The Hall–Kier alpha value is -1.13. The van der Waals surface area contributed by atoms with Crippen molar-refractivity contribution < 1.29 is 4.42 Å². The predicted molar refractivity (Wildman–Crippen MR) is 75.4 cm³/mol. The van der Waals surface area contributed by atoms with Crippen LogP contribution < -0.4 is 5.32 Å². The van der Waals surface area contributed by atoms with E-state index in [2.05, 4.69) is 33.2 Å². The van der Waals surface area contributed by atoms with Gasteiger partial charge in [-0.05, 0) is 53.2 Å². The molecule has 18 heavy (non-hydrogen) atoms. The zero-order chi connectivity index (χ0) is 12.8. The summed E-state index contributed by atoms with van der Waals surface area (Å²) >= 11 is 3.40. The van der Waals surface area contributed by atoms with Gasteiger partial charge in [-0.2, -0.15) is 0 Å². The molecule has 0 radical (unpaired) electrons. The first-order chi connectivity index (χ1) is 8.79. The van der Waals surface area contributed by atoms with Crippen LogP contribution in [0.3, 0.4) is 0 Å². The highest BCUT2D eigenvalue weighted by molar-refractivity contribution is 9.10. The summed E-state index contributed by atoms with van der Waals surface area (Å²) in [5.41, 5.74) is 1.06. The summed E-state index contributed by atoms with van der Waals surface area (Å²) in [5.74, 6) is 0.966. The summed E-state index contributed by atoms with van der Waals surface area (Å²) in [6.45, 7) is 3.13. The van der Waals surface area contributed by atoms with Gasteiger partial charge in [0.05, 0.1) is 12.3 Å². The van der Waals surface area contributed by atoms with Gasteiger partial charge in [0.1, 0.15) is 5.76 Å². The molecule has 2 heterocycles. The van der Waals surface area contributed by atoms with Gasteiger partial charge in [-0.3, -0.25) is 4.98 Å². The van der Waals surface area contributed by atoms with Crippen LogP contribution in [0.1, 0.15) is 30.8 Å². The van der Waals surface area contributed by atoms with Crippen molar-refractivity contribution in [3.8, 4) is 0 Å². The van der Waals surface area contributed by atoms with Gasteiger partial charge in [-0.1, -0.05) is 6.92 Å². The van der Waals surface area contributed by atoms with Crippen LogP contribution in [-0.2, 0) is 6.42 Å². The number of furan rings is 1. The van der Waals surface area contributed by atoms with E-state index < -0.39 is 0 Å². The average molecular weight is 309 g/mol. The maximum Gasteiger partial charge on any atom is 0.121 e. The molecule has 4 heteroatoms. The second kappa shape index (κ2) is 6.71. The molecule has 2 aromatic heterocycles. The first kappa shape index (κ1) is 13.3. The third kappa shape index (κ3) is 3.68. The van der Waals surface area contributed by atoms with Crippen molar-refractivity contribution in [2.24, 2.45) is 0 Å². The van der Waals surface area contributed by atoms with Gasteiger partial charge in [0.25, 0.3) is 0 Å². The fourth-order valence-electron chi connectivity index (χ4n) is 1.82. The Balaban J connectivity index is 2.07. The quantitative estimate of drug-likeness (QED) is 0.884. The van der Waals surface area contributed by atoms with E-state index in [1.807, 2.05) is 30.5 Å². The Morgan fingerprint density at radius 3 is 2.89 bits per heavy atom. The molecule has 0 aliphatic rings. The standard InChI is InChI=1S/C14H17BrN2O/c1-2-7-16-13(14-4-3-8-18-14)9-12-6-5-11(15)10-17-12/h3-6,8,10,13,16H,2,7,9H2,1H3. The predicted octanol–water partition coefficient (Wildman–Crippen LogP) is 3.72. The molecule has 3 nitrogen and oxygen atoms in total.